The number of carbonyl (C=O) groups is 1. The molecule has 1 aliphatic rings. The predicted octanol–water partition coefficient (Wildman–Crippen LogP) is 4.05. The maximum atomic E-state index is 11.7. The van der Waals surface area contributed by atoms with Crippen LogP contribution in [0.3, 0.4) is 0 Å². The van der Waals surface area contributed by atoms with Crippen molar-refractivity contribution in [2.24, 2.45) is 0 Å². The maximum absolute atomic E-state index is 11.7. The van der Waals surface area contributed by atoms with Gasteiger partial charge in [0, 0.05) is 41.6 Å². The lowest BCUT2D eigenvalue weighted by atomic mass is 10.0. The molecule has 1 aliphatic heterocycles. The van der Waals surface area contributed by atoms with Gasteiger partial charge in [0.25, 0.3) is 0 Å². The molecule has 1 fully saturated rings. The molecule has 1 aromatic carbocycles. The number of amides is 1. The van der Waals surface area contributed by atoms with Crippen LogP contribution < -0.4 is 5.32 Å². The summed E-state index contributed by atoms with van der Waals surface area (Å²) in [6, 6.07) is 6.00. The highest BCUT2D eigenvalue weighted by Gasteiger charge is 2.23. The summed E-state index contributed by atoms with van der Waals surface area (Å²) in [5.74, 6) is 0.265. The van der Waals surface area contributed by atoms with Crippen LogP contribution in [-0.2, 0) is 4.79 Å². The van der Waals surface area contributed by atoms with E-state index in [0.717, 1.165) is 31.5 Å². The van der Waals surface area contributed by atoms with Crippen molar-refractivity contribution in [2.75, 3.05) is 13.1 Å². The first kappa shape index (κ1) is 16.6. The summed E-state index contributed by atoms with van der Waals surface area (Å²) in [6.45, 7) is 5.86. The Balaban J connectivity index is 1.99. The number of hydrogen-bond acceptors (Lipinski definition) is 2. The minimum Gasteiger partial charge on any atom is -0.341 e. The molecule has 1 aromatic rings. The summed E-state index contributed by atoms with van der Waals surface area (Å²) < 4.78 is 0. The summed E-state index contributed by atoms with van der Waals surface area (Å²) in [6.07, 6.45) is 2.60. The number of nitrogens with zero attached hydrogens (tertiary/aromatic N) is 1. The summed E-state index contributed by atoms with van der Waals surface area (Å²) in [5, 5.41) is 4.90. The Kier molecular flexibility index (Phi) is 5.91. The third kappa shape index (κ3) is 4.35. The van der Waals surface area contributed by atoms with Crippen molar-refractivity contribution in [2.45, 2.75) is 45.2 Å². The van der Waals surface area contributed by atoms with E-state index in [2.05, 4.69) is 19.2 Å². The van der Waals surface area contributed by atoms with Gasteiger partial charge in [-0.2, -0.15) is 0 Å². The third-order valence-electron chi connectivity index (χ3n) is 3.90. The fourth-order valence-corrected chi connectivity index (χ4v) is 3.38. The zero-order valence-corrected chi connectivity index (χ0v) is 14.0. The van der Waals surface area contributed by atoms with Gasteiger partial charge in [0.2, 0.25) is 5.91 Å². The lowest BCUT2D eigenvalue weighted by Crippen LogP contribution is -2.41. The van der Waals surface area contributed by atoms with Crippen molar-refractivity contribution in [1.29, 1.82) is 0 Å². The van der Waals surface area contributed by atoms with Crippen molar-refractivity contribution in [3.8, 4) is 0 Å². The average molecular weight is 329 g/mol. The lowest BCUT2D eigenvalue weighted by Gasteiger charge is -2.27. The Labute approximate surface area is 136 Å². The van der Waals surface area contributed by atoms with Gasteiger partial charge in [0.05, 0.1) is 0 Å². The number of benzene rings is 1. The number of halogens is 2. The third-order valence-corrected chi connectivity index (χ3v) is 4.46. The van der Waals surface area contributed by atoms with Crippen LogP contribution in [0.25, 0.3) is 0 Å². The van der Waals surface area contributed by atoms with Gasteiger partial charge in [-0.3, -0.25) is 4.79 Å². The van der Waals surface area contributed by atoms with Crippen molar-refractivity contribution >= 4 is 29.1 Å². The smallest absolute Gasteiger partial charge is 0.222 e. The molecule has 1 N–H and O–H groups in total. The molecule has 0 radical (unpaired) electrons. The second-order valence-corrected chi connectivity index (χ2v) is 6.48. The van der Waals surface area contributed by atoms with Crippen LogP contribution in [0.5, 0.6) is 0 Å². The second kappa shape index (κ2) is 7.48. The maximum Gasteiger partial charge on any atom is 0.222 e. The van der Waals surface area contributed by atoms with Gasteiger partial charge >= 0.3 is 0 Å². The summed E-state index contributed by atoms with van der Waals surface area (Å²) in [4.78, 5) is 13.6. The van der Waals surface area contributed by atoms with Gasteiger partial charge in [0.15, 0.2) is 0 Å². The van der Waals surface area contributed by atoms with Gasteiger partial charge in [-0.25, -0.2) is 0 Å². The number of rotatable bonds is 6. The van der Waals surface area contributed by atoms with Gasteiger partial charge in [-0.15, -0.1) is 0 Å². The van der Waals surface area contributed by atoms with Gasteiger partial charge in [-0.05, 0) is 37.5 Å². The summed E-state index contributed by atoms with van der Waals surface area (Å²) in [7, 11) is 0. The molecule has 0 spiro atoms. The number of nitrogens with one attached hydrogen (secondary N) is 1. The van der Waals surface area contributed by atoms with E-state index in [-0.39, 0.29) is 18.0 Å². The quantitative estimate of drug-likeness (QED) is 0.854. The fourth-order valence-electron chi connectivity index (χ4n) is 2.84. The van der Waals surface area contributed by atoms with Crippen LogP contribution in [0, 0.1) is 0 Å². The van der Waals surface area contributed by atoms with E-state index in [1.807, 2.05) is 17.0 Å². The van der Waals surface area contributed by atoms with E-state index < -0.39 is 0 Å². The van der Waals surface area contributed by atoms with E-state index in [9.17, 15) is 4.79 Å². The second-order valence-electron chi connectivity index (χ2n) is 5.64. The largest absolute Gasteiger partial charge is 0.341 e. The molecule has 3 nitrogen and oxygen atoms in total. The van der Waals surface area contributed by atoms with Crippen LogP contribution in [-0.4, -0.2) is 29.9 Å². The first-order chi connectivity index (χ1) is 10.0. The van der Waals surface area contributed by atoms with Crippen molar-refractivity contribution in [3.05, 3.63) is 33.8 Å². The van der Waals surface area contributed by atoms with Crippen LogP contribution in [0.2, 0.25) is 10.0 Å². The monoisotopic (exact) mass is 328 g/mol. The van der Waals surface area contributed by atoms with Crippen molar-refractivity contribution < 1.29 is 4.79 Å². The summed E-state index contributed by atoms with van der Waals surface area (Å²) >= 11 is 12.2. The van der Waals surface area contributed by atoms with E-state index in [1.165, 1.54) is 0 Å². The van der Waals surface area contributed by atoms with E-state index in [0.29, 0.717) is 16.5 Å². The Morgan fingerprint density at radius 2 is 2.14 bits per heavy atom. The standard InChI is InChI=1S/C16H22Cl2N2O/c1-3-15(13-7-6-12(17)9-14(13)18)19-11(2)10-20-8-4-5-16(20)21/h6-7,9,11,15,19H,3-5,8,10H2,1-2H3. The molecule has 1 saturated heterocycles. The van der Waals surface area contributed by atoms with Gasteiger partial charge in [-0.1, -0.05) is 36.2 Å². The molecule has 0 saturated carbocycles. The lowest BCUT2D eigenvalue weighted by molar-refractivity contribution is -0.127. The van der Waals surface area contributed by atoms with Crippen LogP contribution in [0.15, 0.2) is 18.2 Å². The topological polar surface area (TPSA) is 32.3 Å². The normalized spacial score (nSPS) is 18.1. The van der Waals surface area contributed by atoms with E-state index >= 15 is 0 Å². The minimum atomic E-state index is 0.169. The highest BCUT2D eigenvalue weighted by molar-refractivity contribution is 6.35. The molecular formula is C16H22Cl2N2O. The zero-order valence-electron chi connectivity index (χ0n) is 12.5. The first-order valence-electron chi connectivity index (χ1n) is 7.50. The molecule has 0 aliphatic carbocycles. The number of carbonyl (C=O) groups excluding carboxylic acids is 1. The fraction of sp³-hybridized carbons (Fsp3) is 0.562. The molecule has 0 bridgehead atoms. The Bertz CT molecular complexity index is 507. The minimum absolute atomic E-state index is 0.169. The Morgan fingerprint density at radius 1 is 1.38 bits per heavy atom. The molecule has 116 valence electrons. The highest BCUT2D eigenvalue weighted by atomic mass is 35.5. The molecule has 2 rings (SSSR count). The van der Waals surface area contributed by atoms with Crippen LogP contribution in [0.4, 0.5) is 0 Å². The molecule has 2 atom stereocenters. The average Bonchev–Trinajstić information content (AvgIpc) is 2.82. The molecule has 5 heteroatoms. The molecule has 1 heterocycles. The van der Waals surface area contributed by atoms with Crippen LogP contribution >= 0.6 is 23.2 Å². The van der Waals surface area contributed by atoms with Gasteiger partial charge in [0.1, 0.15) is 0 Å². The zero-order chi connectivity index (χ0) is 15.4. The van der Waals surface area contributed by atoms with Crippen molar-refractivity contribution in [1.82, 2.24) is 10.2 Å². The molecular weight excluding hydrogens is 307 g/mol. The summed E-state index contributed by atoms with van der Waals surface area (Å²) in [5.41, 5.74) is 1.06. The first-order valence-corrected chi connectivity index (χ1v) is 8.25. The molecule has 21 heavy (non-hydrogen) atoms. The molecule has 1 amide bonds. The molecule has 2 unspecified atom stereocenters. The van der Waals surface area contributed by atoms with Gasteiger partial charge < -0.3 is 10.2 Å². The Hall–Kier alpha value is -0.770. The number of hydrogen-bond donors (Lipinski definition) is 1. The molecule has 0 aromatic heterocycles. The predicted molar refractivity (Wildman–Crippen MR) is 87.9 cm³/mol. The van der Waals surface area contributed by atoms with Crippen molar-refractivity contribution in [3.63, 3.8) is 0 Å². The van der Waals surface area contributed by atoms with Crippen LogP contribution in [0.1, 0.15) is 44.7 Å². The number of likely N-dealkylation sites (tertiary alicyclic amines) is 1. The Morgan fingerprint density at radius 3 is 2.71 bits per heavy atom. The van der Waals surface area contributed by atoms with E-state index in [4.69, 9.17) is 23.2 Å². The highest BCUT2D eigenvalue weighted by Crippen LogP contribution is 2.28. The van der Waals surface area contributed by atoms with E-state index in [1.54, 1.807) is 6.07 Å². The SMILES string of the molecule is CCC(NC(C)CN1CCCC1=O)c1ccc(Cl)cc1Cl.